The van der Waals surface area contributed by atoms with Crippen molar-refractivity contribution < 1.29 is 19.3 Å². The highest BCUT2D eigenvalue weighted by atomic mass is 31.1. The molecule has 0 saturated carbocycles. The lowest BCUT2D eigenvalue weighted by molar-refractivity contribution is 0.401. The van der Waals surface area contributed by atoms with Crippen LogP contribution in [0.15, 0.2) is 60.7 Å². The minimum atomic E-state index is -1.24. The zero-order valence-electron chi connectivity index (χ0n) is 18.4. The number of methoxy groups -OCH3 is 3. The molecular weight excluding hydrogens is 395 g/mol. The van der Waals surface area contributed by atoms with Crippen molar-refractivity contribution in [2.75, 3.05) is 21.3 Å². The normalized spacial score (nSPS) is 12.3. The highest BCUT2D eigenvalue weighted by Gasteiger charge is 2.31. The molecule has 0 radical (unpaired) electrons. The van der Waals surface area contributed by atoms with Crippen LogP contribution in [0.25, 0.3) is 0 Å². The number of aromatic hydroxyl groups is 1. The molecule has 0 aliphatic heterocycles. The number of phenolic OH excluding ortho intramolecular Hbond substituents is 1. The van der Waals surface area contributed by atoms with Crippen LogP contribution in [0.1, 0.15) is 26.3 Å². The summed E-state index contributed by atoms with van der Waals surface area (Å²) in [4.78, 5) is 0. The predicted octanol–water partition coefficient (Wildman–Crippen LogP) is 4.47. The monoisotopic (exact) mass is 424 g/mol. The smallest absolute Gasteiger partial charge is 0.130 e. The van der Waals surface area contributed by atoms with Gasteiger partial charge in [0, 0.05) is 18.5 Å². The van der Waals surface area contributed by atoms with Gasteiger partial charge in [-0.3, -0.25) is 0 Å². The minimum Gasteiger partial charge on any atom is -0.507 e. The first-order valence-electron chi connectivity index (χ1n) is 9.80. The number of benzene rings is 3. The van der Waals surface area contributed by atoms with E-state index in [0.29, 0.717) is 17.2 Å². The summed E-state index contributed by atoms with van der Waals surface area (Å²) in [7, 11) is 3.73. The Morgan fingerprint density at radius 2 is 1.17 bits per heavy atom. The largest absolute Gasteiger partial charge is 0.507 e. The van der Waals surface area contributed by atoms with E-state index in [1.54, 1.807) is 21.3 Å². The van der Waals surface area contributed by atoms with Crippen LogP contribution in [0.5, 0.6) is 23.0 Å². The predicted molar refractivity (Wildman–Crippen MR) is 125 cm³/mol. The van der Waals surface area contributed by atoms with E-state index in [-0.39, 0.29) is 5.41 Å². The van der Waals surface area contributed by atoms with Crippen LogP contribution in [0, 0.1) is 0 Å². The molecule has 4 nitrogen and oxygen atoms in total. The average Bonchev–Trinajstić information content (AvgIpc) is 2.74. The molecule has 0 fully saturated rings. The molecule has 0 saturated heterocycles. The van der Waals surface area contributed by atoms with Crippen LogP contribution >= 0.6 is 7.92 Å². The van der Waals surface area contributed by atoms with Gasteiger partial charge in [0.15, 0.2) is 0 Å². The Hall–Kier alpha value is -2.71. The molecule has 1 unspecified atom stereocenters. The molecule has 0 bridgehead atoms. The third-order valence-corrected chi connectivity index (χ3v) is 7.60. The second kappa shape index (κ2) is 8.97. The van der Waals surface area contributed by atoms with E-state index in [1.165, 1.54) is 0 Å². The van der Waals surface area contributed by atoms with Crippen molar-refractivity contribution in [2.24, 2.45) is 0 Å². The number of hydrogen-bond donors (Lipinski definition) is 1. The third kappa shape index (κ3) is 4.11. The second-order valence-corrected chi connectivity index (χ2v) is 10.0. The van der Waals surface area contributed by atoms with Crippen LogP contribution in [0.2, 0.25) is 0 Å². The summed E-state index contributed by atoms with van der Waals surface area (Å²) in [6.45, 7) is 6.29. The SMILES string of the molecule is COc1ccccc1P(c1cccc(C(C)(C)C)c1O)c1c(OC)cccc1OC. The van der Waals surface area contributed by atoms with Gasteiger partial charge in [-0.25, -0.2) is 0 Å². The Bertz CT molecular complexity index is 1000. The lowest BCUT2D eigenvalue weighted by Gasteiger charge is -2.28. The standard InChI is InChI=1S/C25H29O4P/c1-25(2,3)17-11-9-16-22(23(17)26)30(21-15-8-7-12-18(21)27-4)24-19(28-5)13-10-14-20(24)29-6/h7-16,26H,1-6H3. The van der Waals surface area contributed by atoms with Gasteiger partial charge in [-0.15, -0.1) is 0 Å². The zero-order valence-corrected chi connectivity index (χ0v) is 19.3. The van der Waals surface area contributed by atoms with Crippen molar-refractivity contribution >= 4 is 23.8 Å². The van der Waals surface area contributed by atoms with Crippen molar-refractivity contribution in [3.63, 3.8) is 0 Å². The van der Waals surface area contributed by atoms with Crippen molar-refractivity contribution in [1.29, 1.82) is 0 Å². The lowest BCUT2D eigenvalue weighted by Crippen LogP contribution is -2.26. The first kappa shape index (κ1) is 22.0. The van der Waals surface area contributed by atoms with Crippen molar-refractivity contribution in [1.82, 2.24) is 0 Å². The van der Waals surface area contributed by atoms with Crippen LogP contribution in [0.3, 0.4) is 0 Å². The summed E-state index contributed by atoms with van der Waals surface area (Å²) < 4.78 is 17.2. The van der Waals surface area contributed by atoms with Crippen LogP contribution in [-0.2, 0) is 5.41 Å². The Balaban J connectivity index is 2.41. The van der Waals surface area contributed by atoms with E-state index >= 15 is 0 Å². The fourth-order valence-corrected chi connectivity index (χ4v) is 6.26. The molecule has 3 aromatic rings. The van der Waals surface area contributed by atoms with Gasteiger partial charge >= 0.3 is 0 Å². The topological polar surface area (TPSA) is 47.9 Å². The molecule has 5 heteroatoms. The number of ether oxygens (including phenoxy) is 3. The summed E-state index contributed by atoms with van der Waals surface area (Å²) in [6.07, 6.45) is 0. The highest BCUT2D eigenvalue weighted by molar-refractivity contribution is 7.80. The maximum absolute atomic E-state index is 11.4. The number of hydrogen-bond acceptors (Lipinski definition) is 4. The van der Waals surface area contributed by atoms with E-state index in [1.807, 2.05) is 60.7 Å². The van der Waals surface area contributed by atoms with Gasteiger partial charge in [-0.05, 0) is 29.2 Å². The maximum atomic E-state index is 11.4. The van der Waals surface area contributed by atoms with Gasteiger partial charge in [0.2, 0.25) is 0 Å². The van der Waals surface area contributed by atoms with Gasteiger partial charge in [-0.2, -0.15) is 0 Å². The molecule has 3 rings (SSSR count). The highest BCUT2D eigenvalue weighted by Crippen LogP contribution is 2.46. The van der Waals surface area contributed by atoms with Gasteiger partial charge in [0.1, 0.15) is 23.0 Å². The first-order valence-corrected chi connectivity index (χ1v) is 11.1. The van der Waals surface area contributed by atoms with Crippen LogP contribution in [-0.4, -0.2) is 26.4 Å². The molecule has 0 aliphatic carbocycles. The van der Waals surface area contributed by atoms with E-state index in [2.05, 4.69) is 20.8 Å². The average molecular weight is 424 g/mol. The number of rotatable bonds is 6. The molecule has 30 heavy (non-hydrogen) atoms. The molecule has 0 spiro atoms. The Kier molecular flexibility index (Phi) is 6.58. The molecule has 3 aromatic carbocycles. The Morgan fingerprint density at radius 1 is 0.667 bits per heavy atom. The van der Waals surface area contributed by atoms with Gasteiger partial charge < -0.3 is 19.3 Å². The van der Waals surface area contributed by atoms with E-state index in [4.69, 9.17) is 14.2 Å². The van der Waals surface area contributed by atoms with Crippen molar-refractivity contribution in [2.45, 2.75) is 26.2 Å². The first-order chi connectivity index (χ1) is 14.3. The minimum absolute atomic E-state index is 0.202. The Morgan fingerprint density at radius 3 is 1.73 bits per heavy atom. The van der Waals surface area contributed by atoms with Gasteiger partial charge in [0.05, 0.1) is 26.6 Å². The van der Waals surface area contributed by atoms with Gasteiger partial charge in [0.25, 0.3) is 0 Å². The molecule has 0 amide bonds. The third-order valence-electron chi connectivity index (χ3n) is 5.02. The molecule has 0 aliphatic rings. The maximum Gasteiger partial charge on any atom is 0.130 e. The summed E-state index contributed by atoms with van der Waals surface area (Å²) in [5.74, 6) is 2.49. The summed E-state index contributed by atoms with van der Waals surface area (Å²) in [5, 5.41) is 14.1. The van der Waals surface area contributed by atoms with Crippen molar-refractivity contribution in [3.05, 3.63) is 66.2 Å². The summed E-state index contributed by atoms with van der Waals surface area (Å²) >= 11 is 0. The fraction of sp³-hybridized carbons (Fsp3) is 0.280. The lowest BCUT2D eigenvalue weighted by atomic mass is 9.86. The van der Waals surface area contributed by atoms with Crippen LogP contribution < -0.4 is 30.1 Å². The van der Waals surface area contributed by atoms with Crippen molar-refractivity contribution in [3.8, 4) is 23.0 Å². The summed E-state index contributed by atoms with van der Waals surface area (Å²) in [6, 6.07) is 19.6. The molecule has 0 heterocycles. The molecular formula is C25H29O4P. The summed E-state index contributed by atoms with van der Waals surface area (Å²) in [5.41, 5.74) is 0.698. The van der Waals surface area contributed by atoms with Crippen LogP contribution in [0.4, 0.5) is 0 Å². The second-order valence-electron chi connectivity index (χ2n) is 7.94. The van der Waals surface area contributed by atoms with Gasteiger partial charge in [-0.1, -0.05) is 63.2 Å². The quantitative estimate of drug-likeness (QED) is 0.593. The van der Waals surface area contributed by atoms with E-state index in [0.717, 1.165) is 27.2 Å². The van der Waals surface area contributed by atoms with E-state index < -0.39 is 7.92 Å². The molecule has 158 valence electrons. The zero-order chi connectivity index (χ0) is 21.9. The number of para-hydroxylation sites is 2. The fourth-order valence-electron chi connectivity index (χ4n) is 3.55. The molecule has 1 N–H and O–H groups in total. The Labute approximate surface area is 180 Å². The molecule has 0 aromatic heterocycles. The van der Waals surface area contributed by atoms with E-state index in [9.17, 15) is 5.11 Å². The molecule has 1 atom stereocenters. The number of phenols is 1.